The first-order valence-electron chi connectivity index (χ1n) is 9.65. The lowest BCUT2D eigenvalue weighted by Crippen LogP contribution is -2.37. The van der Waals surface area contributed by atoms with Crippen LogP contribution in [0.2, 0.25) is 0 Å². The van der Waals surface area contributed by atoms with Gasteiger partial charge in [0.15, 0.2) is 5.78 Å². The lowest BCUT2D eigenvalue weighted by atomic mass is 9.94. The molecule has 0 saturated carbocycles. The van der Waals surface area contributed by atoms with Crippen molar-refractivity contribution in [1.82, 2.24) is 9.88 Å². The highest BCUT2D eigenvalue weighted by atomic mass is 19.1. The molecule has 0 spiro atoms. The average molecular weight is 402 g/mol. The second-order valence-corrected chi connectivity index (χ2v) is 7.28. The van der Waals surface area contributed by atoms with Crippen molar-refractivity contribution < 1.29 is 13.6 Å². The van der Waals surface area contributed by atoms with Crippen LogP contribution in [0.25, 0.3) is 12.2 Å². The Bertz CT molecular complexity index is 1020. The molecule has 0 radical (unpaired) electrons. The van der Waals surface area contributed by atoms with Crippen molar-refractivity contribution in [3.63, 3.8) is 0 Å². The highest BCUT2D eigenvalue weighted by Gasteiger charge is 2.26. The zero-order valence-electron chi connectivity index (χ0n) is 16.3. The van der Waals surface area contributed by atoms with Gasteiger partial charge in [-0.3, -0.25) is 14.7 Å². The first-order chi connectivity index (χ1) is 14.6. The Balaban J connectivity index is 1.67. The number of hydrogen-bond donors (Lipinski definition) is 0. The number of halogens is 2. The quantitative estimate of drug-likeness (QED) is 0.582. The lowest BCUT2D eigenvalue weighted by Gasteiger charge is -2.29. The van der Waals surface area contributed by atoms with Gasteiger partial charge in [-0.05, 0) is 59.2 Å². The van der Waals surface area contributed by atoms with Crippen LogP contribution < -0.4 is 0 Å². The van der Waals surface area contributed by atoms with Gasteiger partial charge < -0.3 is 0 Å². The van der Waals surface area contributed by atoms with E-state index in [1.807, 2.05) is 18.3 Å². The van der Waals surface area contributed by atoms with E-state index in [2.05, 4.69) is 9.88 Å². The Morgan fingerprint density at radius 3 is 1.83 bits per heavy atom. The molecule has 2 aromatic carbocycles. The molecule has 150 valence electrons. The number of benzene rings is 2. The summed E-state index contributed by atoms with van der Waals surface area (Å²) in [7, 11) is 0. The zero-order valence-corrected chi connectivity index (χ0v) is 16.3. The number of carbonyl (C=O) groups excluding carboxylic acids is 1. The van der Waals surface area contributed by atoms with E-state index in [1.54, 1.807) is 42.6 Å². The minimum Gasteiger partial charge on any atom is -0.290 e. The number of ketones is 1. The van der Waals surface area contributed by atoms with Crippen molar-refractivity contribution in [1.29, 1.82) is 0 Å². The molecule has 5 heteroatoms. The average Bonchev–Trinajstić information content (AvgIpc) is 2.75. The van der Waals surface area contributed by atoms with E-state index >= 15 is 0 Å². The summed E-state index contributed by atoms with van der Waals surface area (Å²) in [6, 6.07) is 16.0. The monoisotopic (exact) mass is 402 g/mol. The van der Waals surface area contributed by atoms with E-state index in [4.69, 9.17) is 0 Å². The lowest BCUT2D eigenvalue weighted by molar-refractivity contribution is -0.113. The predicted octanol–water partition coefficient (Wildman–Crippen LogP) is 4.91. The first-order valence-corrected chi connectivity index (χ1v) is 9.65. The minimum atomic E-state index is -0.317. The van der Waals surface area contributed by atoms with Gasteiger partial charge in [0, 0.05) is 43.2 Å². The number of pyridine rings is 1. The van der Waals surface area contributed by atoms with Crippen LogP contribution in [-0.4, -0.2) is 28.8 Å². The van der Waals surface area contributed by atoms with Crippen LogP contribution in [0.4, 0.5) is 8.78 Å². The van der Waals surface area contributed by atoms with Crippen LogP contribution in [0.5, 0.6) is 0 Å². The maximum absolute atomic E-state index is 13.2. The van der Waals surface area contributed by atoms with Crippen molar-refractivity contribution in [2.45, 2.75) is 6.54 Å². The zero-order chi connectivity index (χ0) is 20.9. The molecule has 4 rings (SSSR count). The molecule has 0 amide bonds. The topological polar surface area (TPSA) is 33.2 Å². The van der Waals surface area contributed by atoms with Crippen molar-refractivity contribution in [3.05, 3.63) is 113 Å². The summed E-state index contributed by atoms with van der Waals surface area (Å²) in [4.78, 5) is 19.5. The highest BCUT2D eigenvalue weighted by molar-refractivity contribution is 6.14. The number of piperidine rings is 1. The summed E-state index contributed by atoms with van der Waals surface area (Å²) in [5, 5.41) is 0. The molecular formula is C25H20F2N2O. The largest absolute Gasteiger partial charge is 0.290 e. The maximum atomic E-state index is 13.2. The summed E-state index contributed by atoms with van der Waals surface area (Å²) in [5.74, 6) is -0.685. The Labute approximate surface area is 174 Å². The van der Waals surface area contributed by atoms with Gasteiger partial charge in [-0.1, -0.05) is 30.3 Å². The number of rotatable bonds is 4. The Kier molecular flexibility index (Phi) is 5.91. The fourth-order valence-electron chi connectivity index (χ4n) is 3.49. The molecule has 1 aliphatic heterocycles. The normalized spacial score (nSPS) is 17.6. The molecule has 1 fully saturated rings. The third kappa shape index (κ3) is 4.93. The number of hydrogen-bond acceptors (Lipinski definition) is 3. The number of likely N-dealkylation sites (tertiary alicyclic amines) is 1. The van der Waals surface area contributed by atoms with E-state index in [-0.39, 0.29) is 17.4 Å². The van der Waals surface area contributed by atoms with E-state index < -0.39 is 0 Å². The Morgan fingerprint density at radius 2 is 1.37 bits per heavy atom. The van der Waals surface area contributed by atoms with E-state index in [0.29, 0.717) is 30.8 Å². The maximum Gasteiger partial charge on any atom is 0.187 e. The SMILES string of the molecule is O=C1/C(=C/c2ccc(F)cc2)CN(Cc2cccnc2)C/C1=C\c1ccc(F)cc1. The van der Waals surface area contributed by atoms with Gasteiger partial charge in [-0.2, -0.15) is 0 Å². The van der Waals surface area contributed by atoms with Crippen LogP contribution in [0.1, 0.15) is 16.7 Å². The molecule has 0 N–H and O–H groups in total. The predicted molar refractivity (Wildman–Crippen MR) is 113 cm³/mol. The van der Waals surface area contributed by atoms with E-state index in [0.717, 1.165) is 16.7 Å². The molecule has 3 nitrogen and oxygen atoms in total. The second kappa shape index (κ2) is 8.93. The van der Waals surface area contributed by atoms with Gasteiger partial charge in [0.2, 0.25) is 0 Å². The van der Waals surface area contributed by atoms with Gasteiger partial charge in [0.25, 0.3) is 0 Å². The van der Waals surface area contributed by atoms with Crippen molar-refractivity contribution in [3.8, 4) is 0 Å². The van der Waals surface area contributed by atoms with Gasteiger partial charge in [0.1, 0.15) is 11.6 Å². The summed E-state index contributed by atoms with van der Waals surface area (Å²) in [6.45, 7) is 1.60. The molecule has 0 atom stereocenters. The minimum absolute atomic E-state index is 0.0499. The van der Waals surface area contributed by atoms with Crippen molar-refractivity contribution in [2.75, 3.05) is 13.1 Å². The highest BCUT2D eigenvalue weighted by Crippen LogP contribution is 2.23. The summed E-state index contributed by atoms with van der Waals surface area (Å²) in [6.07, 6.45) is 7.14. The molecule has 1 saturated heterocycles. The van der Waals surface area contributed by atoms with Gasteiger partial charge >= 0.3 is 0 Å². The molecule has 0 bridgehead atoms. The smallest absolute Gasteiger partial charge is 0.187 e. The van der Waals surface area contributed by atoms with Crippen molar-refractivity contribution in [2.24, 2.45) is 0 Å². The summed E-state index contributed by atoms with van der Waals surface area (Å²) >= 11 is 0. The number of carbonyl (C=O) groups is 1. The number of nitrogens with zero attached hydrogens (tertiary/aromatic N) is 2. The fourth-order valence-corrected chi connectivity index (χ4v) is 3.49. The molecule has 0 unspecified atom stereocenters. The fraction of sp³-hybridized carbons (Fsp3) is 0.120. The molecule has 3 aromatic rings. The number of Topliss-reactive ketones (excluding diaryl/α,β-unsaturated/α-hetero) is 1. The van der Waals surface area contributed by atoms with Gasteiger partial charge in [-0.15, -0.1) is 0 Å². The van der Waals surface area contributed by atoms with Gasteiger partial charge in [-0.25, -0.2) is 8.78 Å². The molecule has 30 heavy (non-hydrogen) atoms. The summed E-state index contributed by atoms with van der Waals surface area (Å²) < 4.78 is 26.5. The van der Waals surface area contributed by atoms with Gasteiger partial charge in [0.05, 0.1) is 0 Å². The van der Waals surface area contributed by atoms with Crippen LogP contribution >= 0.6 is 0 Å². The summed E-state index contributed by atoms with van der Waals surface area (Å²) in [5.41, 5.74) is 3.84. The van der Waals surface area contributed by atoms with Crippen LogP contribution in [-0.2, 0) is 11.3 Å². The van der Waals surface area contributed by atoms with E-state index in [9.17, 15) is 13.6 Å². The Hall–Kier alpha value is -3.44. The Morgan fingerprint density at radius 1 is 0.833 bits per heavy atom. The first kappa shape index (κ1) is 19.9. The molecule has 2 heterocycles. The molecule has 1 aromatic heterocycles. The second-order valence-electron chi connectivity index (χ2n) is 7.28. The van der Waals surface area contributed by atoms with Crippen LogP contribution in [0, 0.1) is 11.6 Å². The molecule has 0 aliphatic carbocycles. The standard InChI is InChI=1S/C25H20F2N2O/c26-23-7-3-18(4-8-23)12-21-16-29(15-20-2-1-11-28-14-20)17-22(25(21)30)13-19-5-9-24(27)10-6-19/h1-14H,15-17H2/b21-12+,22-13+. The third-order valence-corrected chi connectivity index (χ3v) is 4.92. The number of aromatic nitrogens is 1. The molecular weight excluding hydrogens is 382 g/mol. The van der Waals surface area contributed by atoms with E-state index in [1.165, 1.54) is 24.3 Å². The third-order valence-electron chi connectivity index (χ3n) is 4.92. The van der Waals surface area contributed by atoms with Crippen LogP contribution in [0.3, 0.4) is 0 Å². The molecule has 1 aliphatic rings. The van der Waals surface area contributed by atoms with Crippen molar-refractivity contribution >= 4 is 17.9 Å². The van der Waals surface area contributed by atoms with Crippen LogP contribution in [0.15, 0.2) is 84.2 Å².